The Morgan fingerprint density at radius 3 is 2.06 bits per heavy atom. The van der Waals surface area contributed by atoms with Gasteiger partial charge in [-0.1, -0.05) is 0 Å². The molecule has 0 radical (unpaired) electrons. The zero-order valence-corrected chi connectivity index (χ0v) is 9.59. The maximum absolute atomic E-state index is 12.4. The third kappa shape index (κ3) is 3.92. The highest BCUT2D eigenvalue weighted by atomic mass is 19.4. The van der Waals surface area contributed by atoms with Crippen molar-refractivity contribution in [3.05, 3.63) is 0 Å². The van der Waals surface area contributed by atoms with Gasteiger partial charge in [-0.15, -0.1) is 0 Å². The van der Waals surface area contributed by atoms with Crippen molar-refractivity contribution in [2.45, 2.75) is 25.3 Å². The first kappa shape index (κ1) is 13.7. The molecule has 0 spiro atoms. The second-order valence-corrected chi connectivity index (χ2v) is 4.02. The first-order valence-corrected chi connectivity index (χ1v) is 5.32. The summed E-state index contributed by atoms with van der Waals surface area (Å²) in [4.78, 5) is 1.94. The van der Waals surface area contributed by atoms with Crippen LogP contribution in [0.4, 0.5) is 13.2 Å². The van der Waals surface area contributed by atoms with E-state index in [-0.39, 0.29) is 19.1 Å². The van der Waals surface area contributed by atoms with Crippen LogP contribution in [-0.2, 0) is 9.47 Å². The Bertz CT molecular complexity index is 199. The molecule has 0 aromatic rings. The number of methoxy groups -OCH3 is 2. The molecule has 0 bridgehead atoms. The fourth-order valence-corrected chi connectivity index (χ4v) is 1.90. The molecule has 96 valence electrons. The standard InChI is InChI=1S/C10H18F3NO2/c1-15-9(16-2)7-14-5-3-8(4-6-14)10(11,12)13/h8-9H,3-7H2,1-2H3. The van der Waals surface area contributed by atoms with Gasteiger partial charge in [-0.3, -0.25) is 4.90 Å². The third-order valence-electron chi connectivity index (χ3n) is 2.98. The number of ether oxygens (including phenoxy) is 2. The van der Waals surface area contributed by atoms with E-state index in [4.69, 9.17) is 9.47 Å². The number of nitrogens with zero attached hydrogens (tertiary/aromatic N) is 1. The van der Waals surface area contributed by atoms with E-state index in [2.05, 4.69) is 0 Å². The predicted octanol–water partition coefficient (Wildman–Crippen LogP) is 1.88. The van der Waals surface area contributed by atoms with Gasteiger partial charge in [-0.25, -0.2) is 0 Å². The molecule has 0 atom stereocenters. The minimum absolute atomic E-state index is 0.170. The van der Waals surface area contributed by atoms with Crippen LogP contribution in [0, 0.1) is 5.92 Å². The molecule has 0 aromatic carbocycles. The number of likely N-dealkylation sites (tertiary alicyclic amines) is 1. The third-order valence-corrected chi connectivity index (χ3v) is 2.98. The van der Waals surface area contributed by atoms with Crippen molar-refractivity contribution >= 4 is 0 Å². The molecule has 0 aromatic heterocycles. The van der Waals surface area contributed by atoms with Crippen LogP contribution in [0.1, 0.15) is 12.8 Å². The maximum Gasteiger partial charge on any atom is 0.391 e. The minimum atomic E-state index is -4.05. The monoisotopic (exact) mass is 241 g/mol. The van der Waals surface area contributed by atoms with Crippen LogP contribution in [0.5, 0.6) is 0 Å². The molecular weight excluding hydrogens is 223 g/mol. The lowest BCUT2D eigenvalue weighted by Crippen LogP contribution is -2.43. The molecule has 1 aliphatic rings. The summed E-state index contributed by atoms with van der Waals surface area (Å²) in [6.45, 7) is 1.43. The van der Waals surface area contributed by atoms with Gasteiger partial charge in [0.2, 0.25) is 0 Å². The topological polar surface area (TPSA) is 21.7 Å². The average molecular weight is 241 g/mol. The number of alkyl halides is 3. The molecule has 0 unspecified atom stereocenters. The van der Waals surface area contributed by atoms with E-state index in [1.807, 2.05) is 4.90 Å². The zero-order valence-electron chi connectivity index (χ0n) is 9.59. The van der Waals surface area contributed by atoms with Crippen molar-refractivity contribution in [3.63, 3.8) is 0 Å². The SMILES string of the molecule is COC(CN1CCC(C(F)(F)F)CC1)OC. The van der Waals surface area contributed by atoms with Crippen LogP contribution in [-0.4, -0.2) is 51.2 Å². The Labute approximate surface area is 93.5 Å². The highest BCUT2D eigenvalue weighted by molar-refractivity contribution is 4.77. The number of halogens is 3. The minimum Gasteiger partial charge on any atom is -0.355 e. The maximum atomic E-state index is 12.4. The number of hydrogen-bond donors (Lipinski definition) is 0. The first-order valence-electron chi connectivity index (χ1n) is 5.32. The van der Waals surface area contributed by atoms with E-state index < -0.39 is 12.1 Å². The van der Waals surface area contributed by atoms with Gasteiger partial charge in [-0.05, 0) is 25.9 Å². The largest absolute Gasteiger partial charge is 0.391 e. The summed E-state index contributed by atoms with van der Waals surface area (Å²) in [5, 5.41) is 0. The molecule has 0 N–H and O–H groups in total. The number of hydrogen-bond acceptors (Lipinski definition) is 3. The van der Waals surface area contributed by atoms with Crippen LogP contribution in [0.15, 0.2) is 0 Å². The summed E-state index contributed by atoms with van der Waals surface area (Å²) in [5.41, 5.74) is 0. The Balaban J connectivity index is 2.32. The fraction of sp³-hybridized carbons (Fsp3) is 1.00. The smallest absolute Gasteiger partial charge is 0.355 e. The van der Waals surface area contributed by atoms with Crippen LogP contribution < -0.4 is 0 Å². The van der Waals surface area contributed by atoms with E-state index in [0.717, 1.165) is 0 Å². The Hall–Kier alpha value is -0.330. The molecule has 0 saturated carbocycles. The predicted molar refractivity (Wildman–Crippen MR) is 53.0 cm³/mol. The van der Waals surface area contributed by atoms with Crippen LogP contribution in [0.3, 0.4) is 0 Å². The van der Waals surface area contributed by atoms with Gasteiger partial charge < -0.3 is 9.47 Å². The molecule has 1 saturated heterocycles. The van der Waals surface area contributed by atoms with Crippen molar-refractivity contribution in [2.24, 2.45) is 5.92 Å². The highest BCUT2D eigenvalue weighted by Gasteiger charge is 2.41. The molecule has 1 fully saturated rings. The summed E-state index contributed by atoms with van der Waals surface area (Å²) in [6.07, 6.45) is -4.07. The Morgan fingerprint density at radius 2 is 1.69 bits per heavy atom. The lowest BCUT2D eigenvalue weighted by Gasteiger charge is -2.34. The molecule has 1 heterocycles. The average Bonchev–Trinajstić information content (AvgIpc) is 2.25. The van der Waals surface area contributed by atoms with Gasteiger partial charge in [0.25, 0.3) is 0 Å². The summed E-state index contributed by atoms with van der Waals surface area (Å²) >= 11 is 0. The highest BCUT2D eigenvalue weighted by Crippen LogP contribution is 2.34. The van der Waals surface area contributed by atoms with Gasteiger partial charge in [-0.2, -0.15) is 13.2 Å². The molecule has 16 heavy (non-hydrogen) atoms. The van der Waals surface area contributed by atoms with Gasteiger partial charge in [0.05, 0.1) is 5.92 Å². The second kappa shape index (κ2) is 5.84. The molecule has 1 aliphatic heterocycles. The molecule has 1 rings (SSSR count). The van der Waals surface area contributed by atoms with Crippen molar-refractivity contribution in [1.82, 2.24) is 4.90 Å². The second-order valence-electron chi connectivity index (χ2n) is 4.02. The molecule has 6 heteroatoms. The van der Waals surface area contributed by atoms with Gasteiger partial charge in [0, 0.05) is 20.8 Å². The van der Waals surface area contributed by atoms with E-state index in [1.165, 1.54) is 14.2 Å². The first-order chi connectivity index (χ1) is 7.47. The molecule has 0 amide bonds. The normalized spacial score (nSPS) is 20.6. The lowest BCUT2D eigenvalue weighted by atomic mass is 9.96. The zero-order chi connectivity index (χ0) is 12.2. The van der Waals surface area contributed by atoms with Crippen molar-refractivity contribution in [3.8, 4) is 0 Å². The van der Waals surface area contributed by atoms with Gasteiger partial charge >= 0.3 is 6.18 Å². The van der Waals surface area contributed by atoms with Crippen molar-refractivity contribution in [2.75, 3.05) is 33.9 Å². The quantitative estimate of drug-likeness (QED) is 0.701. The van der Waals surface area contributed by atoms with E-state index in [9.17, 15) is 13.2 Å². The summed E-state index contributed by atoms with van der Waals surface area (Å²) in [7, 11) is 3.05. The molecule has 3 nitrogen and oxygen atoms in total. The molecule has 0 aliphatic carbocycles. The Morgan fingerprint density at radius 1 is 1.19 bits per heavy atom. The summed E-state index contributed by atoms with van der Waals surface area (Å²) in [6, 6.07) is 0. The Kier molecular flexibility index (Phi) is 5.01. The summed E-state index contributed by atoms with van der Waals surface area (Å²) in [5.74, 6) is -1.15. The van der Waals surface area contributed by atoms with E-state index in [0.29, 0.717) is 19.6 Å². The summed E-state index contributed by atoms with van der Waals surface area (Å²) < 4.78 is 47.2. The van der Waals surface area contributed by atoms with Gasteiger partial charge in [0.1, 0.15) is 0 Å². The van der Waals surface area contributed by atoms with Gasteiger partial charge in [0.15, 0.2) is 6.29 Å². The van der Waals surface area contributed by atoms with Crippen molar-refractivity contribution < 1.29 is 22.6 Å². The van der Waals surface area contributed by atoms with Crippen LogP contribution >= 0.6 is 0 Å². The fourth-order valence-electron chi connectivity index (χ4n) is 1.90. The number of rotatable bonds is 4. The lowest BCUT2D eigenvalue weighted by molar-refractivity contribution is -0.188. The van der Waals surface area contributed by atoms with Crippen molar-refractivity contribution in [1.29, 1.82) is 0 Å². The van der Waals surface area contributed by atoms with E-state index >= 15 is 0 Å². The van der Waals surface area contributed by atoms with Crippen LogP contribution in [0.2, 0.25) is 0 Å². The van der Waals surface area contributed by atoms with Crippen LogP contribution in [0.25, 0.3) is 0 Å². The molecular formula is C10H18F3NO2. The van der Waals surface area contributed by atoms with E-state index in [1.54, 1.807) is 0 Å². The number of piperidine rings is 1.